The molecule has 0 aromatic heterocycles. The summed E-state index contributed by atoms with van der Waals surface area (Å²) in [4.78, 5) is 11.8. The molecule has 1 atom stereocenters. The SMILES string of the molecule is COC(=O)C(C(C)C)C12OCC(CO1)CO2. The number of methoxy groups -OCH3 is 1. The van der Waals surface area contributed by atoms with Gasteiger partial charge in [-0.3, -0.25) is 4.79 Å². The van der Waals surface area contributed by atoms with E-state index in [-0.39, 0.29) is 17.8 Å². The fraction of sp³-hybridized carbons (Fsp3) is 0.909. The number of hydrogen-bond acceptors (Lipinski definition) is 5. The highest BCUT2D eigenvalue weighted by molar-refractivity contribution is 5.73. The van der Waals surface area contributed by atoms with Crippen molar-refractivity contribution in [3.63, 3.8) is 0 Å². The number of fused-ring (bicyclic) bond motifs is 3. The number of esters is 1. The minimum atomic E-state index is -1.23. The van der Waals surface area contributed by atoms with Crippen molar-refractivity contribution in [3.8, 4) is 0 Å². The first-order valence-electron chi connectivity index (χ1n) is 5.59. The Hall–Kier alpha value is -0.650. The minimum Gasteiger partial charge on any atom is -0.469 e. The number of hydrogen-bond donors (Lipinski definition) is 0. The zero-order chi connectivity index (χ0) is 11.8. The first-order chi connectivity index (χ1) is 7.59. The third-order valence-corrected chi connectivity index (χ3v) is 3.06. The number of carbonyl (C=O) groups is 1. The fourth-order valence-electron chi connectivity index (χ4n) is 2.19. The Morgan fingerprint density at radius 2 is 1.75 bits per heavy atom. The maximum atomic E-state index is 11.8. The van der Waals surface area contributed by atoms with Crippen molar-refractivity contribution in [1.29, 1.82) is 0 Å². The Morgan fingerprint density at radius 1 is 1.25 bits per heavy atom. The van der Waals surface area contributed by atoms with E-state index in [1.54, 1.807) is 0 Å². The fourth-order valence-corrected chi connectivity index (χ4v) is 2.19. The molecule has 3 heterocycles. The monoisotopic (exact) mass is 230 g/mol. The molecule has 0 N–H and O–H groups in total. The van der Waals surface area contributed by atoms with Gasteiger partial charge in [-0.1, -0.05) is 13.8 Å². The van der Waals surface area contributed by atoms with Gasteiger partial charge in [-0.2, -0.15) is 0 Å². The molecule has 5 nitrogen and oxygen atoms in total. The van der Waals surface area contributed by atoms with Crippen LogP contribution < -0.4 is 0 Å². The van der Waals surface area contributed by atoms with Gasteiger partial charge in [0.05, 0.1) is 26.9 Å². The normalized spacial score (nSPS) is 35.1. The predicted molar refractivity (Wildman–Crippen MR) is 54.4 cm³/mol. The Labute approximate surface area is 95.0 Å². The highest BCUT2D eigenvalue weighted by atomic mass is 16.9. The second kappa shape index (κ2) is 4.31. The second-order valence-corrected chi connectivity index (χ2v) is 4.65. The molecular formula is C11H18O5. The molecule has 3 rings (SSSR count). The highest BCUT2D eigenvalue weighted by Gasteiger charge is 2.55. The number of carbonyl (C=O) groups excluding carboxylic acids is 1. The topological polar surface area (TPSA) is 54.0 Å². The summed E-state index contributed by atoms with van der Waals surface area (Å²) < 4.78 is 21.5. The highest BCUT2D eigenvalue weighted by Crippen LogP contribution is 2.39. The van der Waals surface area contributed by atoms with E-state index in [2.05, 4.69) is 0 Å². The van der Waals surface area contributed by atoms with E-state index >= 15 is 0 Å². The van der Waals surface area contributed by atoms with E-state index in [0.29, 0.717) is 19.8 Å². The van der Waals surface area contributed by atoms with Gasteiger partial charge < -0.3 is 18.9 Å². The van der Waals surface area contributed by atoms with Crippen molar-refractivity contribution < 1.29 is 23.7 Å². The van der Waals surface area contributed by atoms with Crippen LogP contribution in [0.1, 0.15) is 13.8 Å². The van der Waals surface area contributed by atoms with Gasteiger partial charge in [0.2, 0.25) is 0 Å². The van der Waals surface area contributed by atoms with Gasteiger partial charge in [0.15, 0.2) is 0 Å². The van der Waals surface area contributed by atoms with Crippen LogP contribution in [0, 0.1) is 17.8 Å². The van der Waals surface area contributed by atoms with E-state index in [9.17, 15) is 4.79 Å². The molecular weight excluding hydrogens is 212 g/mol. The van der Waals surface area contributed by atoms with Gasteiger partial charge >= 0.3 is 5.97 Å². The maximum absolute atomic E-state index is 11.8. The molecule has 16 heavy (non-hydrogen) atoms. The van der Waals surface area contributed by atoms with E-state index in [4.69, 9.17) is 18.9 Å². The van der Waals surface area contributed by atoms with Crippen LogP contribution in [-0.4, -0.2) is 38.9 Å². The molecule has 3 fully saturated rings. The van der Waals surface area contributed by atoms with Crippen molar-refractivity contribution in [2.75, 3.05) is 26.9 Å². The first-order valence-corrected chi connectivity index (χ1v) is 5.59. The Kier molecular flexibility index (Phi) is 3.19. The van der Waals surface area contributed by atoms with E-state index in [0.717, 1.165) is 0 Å². The zero-order valence-electron chi connectivity index (χ0n) is 9.89. The zero-order valence-corrected chi connectivity index (χ0v) is 9.89. The average molecular weight is 230 g/mol. The van der Waals surface area contributed by atoms with Crippen LogP contribution in [0.3, 0.4) is 0 Å². The van der Waals surface area contributed by atoms with Gasteiger partial charge in [0, 0.05) is 5.92 Å². The van der Waals surface area contributed by atoms with E-state index < -0.39 is 11.9 Å². The number of rotatable bonds is 3. The predicted octanol–water partition coefficient (Wildman–Crippen LogP) is 0.779. The number of ether oxygens (including phenoxy) is 4. The summed E-state index contributed by atoms with van der Waals surface area (Å²) in [6.07, 6.45) is 0. The van der Waals surface area contributed by atoms with E-state index in [1.807, 2.05) is 13.8 Å². The Morgan fingerprint density at radius 3 is 2.12 bits per heavy atom. The van der Waals surface area contributed by atoms with Gasteiger partial charge in [0.1, 0.15) is 5.92 Å². The van der Waals surface area contributed by atoms with Crippen LogP contribution in [0.15, 0.2) is 0 Å². The first kappa shape index (κ1) is 11.8. The molecule has 0 amide bonds. The summed E-state index contributed by atoms with van der Waals surface area (Å²) >= 11 is 0. The molecule has 3 aliphatic heterocycles. The largest absolute Gasteiger partial charge is 0.469 e. The molecule has 3 aliphatic rings. The van der Waals surface area contributed by atoms with Crippen LogP contribution in [-0.2, 0) is 23.7 Å². The molecule has 2 bridgehead atoms. The molecule has 0 aromatic carbocycles. The summed E-state index contributed by atoms with van der Waals surface area (Å²) in [5.41, 5.74) is 0. The Balaban J connectivity index is 2.20. The summed E-state index contributed by atoms with van der Waals surface area (Å²) in [5.74, 6) is -1.81. The van der Waals surface area contributed by atoms with Crippen LogP contribution in [0.4, 0.5) is 0 Å². The molecule has 0 spiro atoms. The summed E-state index contributed by atoms with van der Waals surface area (Å²) in [5, 5.41) is 0. The van der Waals surface area contributed by atoms with Gasteiger partial charge in [-0.25, -0.2) is 0 Å². The lowest BCUT2D eigenvalue weighted by Gasteiger charge is -2.48. The van der Waals surface area contributed by atoms with Crippen molar-refractivity contribution in [1.82, 2.24) is 0 Å². The summed E-state index contributed by atoms with van der Waals surface area (Å²) in [6, 6.07) is 0. The van der Waals surface area contributed by atoms with Crippen LogP contribution >= 0.6 is 0 Å². The molecule has 0 aliphatic carbocycles. The lowest BCUT2D eigenvalue weighted by Crippen LogP contribution is -2.61. The van der Waals surface area contributed by atoms with Crippen LogP contribution in [0.2, 0.25) is 0 Å². The molecule has 92 valence electrons. The standard InChI is InChI=1S/C11H18O5/c1-7(2)9(10(12)13-3)11-14-4-8(5-15-11)6-16-11/h7-9H,4-6H2,1-3H3. The molecule has 3 saturated heterocycles. The third-order valence-electron chi connectivity index (χ3n) is 3.06. The smallest absolute Gasteiger partial charge is 0.317 e. The quantitative estimate of drug-likeness (QED) is 0.670. The average Bonchev–Trinajstić information content (AvgIpc) is 2.30. The van der Waals surface area contributed by atoms with E-state index in [1.165, 1.54) is 7.11 Å². The van der Waals surface area contributed by atoms with Crippen LogP contribution in [0.25, 0.3) is 0 Å². The minimum absolute atomic E-state index is 0.0297. The van der Waals surface area contributed by atoms with Gasteiger partial charge in [-0.05, 0) is 5.92 Å². The molecule has 5 heteroatoms. The maximum Gasteiger partial charge on any atom is 0.317 e. The molecule has 0 saturated carbocycles. The van der Waals surface area contributed by atoms with Crippen molar-refractivity contribution in [3.05, 3.63) is 0 Å². The van der Waals surface area contributed by atoms with Crippen molar-refractivity contribution in [2.45, 2.75) is 19.8 Å². The van der Waals surface area contributed by atoms with Gasteiger partial charge in [-0.15, -0.1) is 0 Å². The van der Waals surface area contributed by atoms with Crippen molar-refractivity contribution in [2.24, 2.45) is 17.8 Å². The molecule has 1 unspecified atom stereocenters. The Bertz CT molecular complexity index is 254. The van der Waals surface area contributed by atoms with Crippen LogP contribution in [0.5, 0.6) is 0 Å². The second-order valence-electron chi connectivity index (χ2n) is 4.65. The molecule has 0 radical (unpaired) electrons. The third kappa shape index (κ3) is 1.83. The summed E-state index contributed by atoms with van der Waals surface area (Å²) in [7, 11) is 1.36. The lowest BCUT2D eigenvalue weighted by atomic mass is 9.91. The van der Waals surface area contributed by atoms with Crippen molar-refractivity contribution >= 4 is 5.97 Å². The lowest BCUT2D eigenvalue weighted by molar-refractivity contribution is -0.466. The van der Waals surface area contributed by atoms with Gasteiger partial charge in [0.25, 0.3) is 5.97 Å². The molecule has 0 aromatic rings. The summed E-state index contributed by atoms with van der Waals surface area (Å²) in [6.45, 7) is 5.60.